The van der Waals surface area contributed by atoms with Crippen molar-refractivity contribution in [3.05, 3.63) is 0 Å². The number of nitrogens with zero attached hydrogens (tertiary/aromatic N) is 1. The number of hydrogen-bond donors (Lipinski definition) is 1. The minimum absolute atomic E-state index is 0.181. The van der Waals surface area contributed by atoms with Crippen LogP contribution >= 0.6 is 0 Å². The Morgan fingerprint density at radius 3 is 2.00 bits per heavy atom. The van der Waals surface area contributed by atoms with Gasteiger partial charge in [0.05, 0.1) is 6.07 Å². The van der Waals surface area contributed by atoms with Crippen LogP contribution in [0, 0.1) is 17.2 Å². The van der Waals surface area contributed by atoms with E-state index >= 15 is 0 Å². The molecule has 82 valence electrons. The maximum absolute atomic E-state index is 9.60. The Balaban J connectivity index is 0. The van der Waals surface area contributed by atoms with Gasteiger partial charge in [0, 0.05) is 0 Å². The Labute approximate surface area is 87.3 Å². The van der Waals surface area contributed by atoms with E-state index in [2.05, 4.69) is 12.7 Å². The second-order valence-corrected chi connectivity index (χ2v) is 3.01. The lowest BCUT2D eigenvalue weighted by molar-refractivity contribution is -0.117. The monoisotopic (exact) mass is 198 g/mol. The molecule has 1 amide bonds. The molecular formula is C11H22N2O. The summed E-state index contributed by atoms with van der Waals surface area (Å²) in [5.41, 5.74) is 4.54. The normalized spacial score (nSPS) is 13.3. The number of nitriles is 1. The van der Waals surface area contributed by atoms with Crippen LogP contribution in [0.5, 0.6) is 0 Å². The predicted molar refractivity (Wildman–Crippen MR) is 58.4 cm³/mol. The highest BCUT2D eigenvalue weighted by Gasteiger charge is 2.13. The van der Waals surface area contributed by atoms with E-state index in [1.165, 1.54) is 25.7 Å². The fraction of sp³-hybridized carbons (Fsp3) is 0.818. The van der Waals surface area contributed by atoms with Crippen LogP contribution in [0.4, 0.5) is 0 Å². The third kappa shape index (κ3) is 11.0. The molecular weight excluding hydrogens is 176 g/mol. The maximum Gasteiger partial charge on any atom is 0.231 e. The van der Waals surface area contributed by atoms with Gasteiger partial charge >= 0.3 is 0 Å². The van der Waals surface area contributed by atoms with Crippen LogP contribution in [0.2, 0.25) is 0 Å². The smallest absolute Gasteiger partial charge is 0.231 e. The van der Waals surface area contributed by atoms with Gasteiger partial charge in [0.15, 0.2) is 0 Å². The molecule has 3 heteroatoms. The van der Waals surface area contributed by atoms with Gasteiger partial charge in [-0.15, -0.1) is 0 Å². The summed E-state index contributed by atoms with van der Waals surface area (Å²) in [4.78, 5) is 9.60. The second kappa shape index (κ2) is 12.0. The molecule has 1 aliphatic carbocycles. The average Bonchev–Trinajstić information content (AvgIpc) is 2.06. The molecule has 1 rings (SSSR count). The Morgan fingerprint density at radius 1 is 1.50 bits per heavy atom. The highest BCUT2D eigenvalue weighted by atomic mass is 16.1. The van der Waals surface area contributed by atoms with E-state index < -0.39 is 5.91 Å². The van der Waals surface area contributed by atoms with Crippen molar-refractivity contribution >= 4 is 5.91 Å². The summed E-state index contributed by atoms with van der Waals surface area (Å²) >= 11 is 0. The van der Waals surface area contributed by atoms with E-state index in [1.807, 2.05) is 13.8 Å². The number of nitrogens with two attached hydrogens (primary N) is 1. The van der Waals surface area contributed by atoms with Gasteiger partial charge in [0.1, 0.15) is 6.42 Å². The largest absolute Gasteiger partial charge is 0.369 e. The molecule has 2 N–H and O–H groups in total. The van der Waals surface area contributed by atoms with Gasteiger partial charge in [-0.1, -0.05) is 46.5 Å². The molecule has 3 nitrogen and oxygen atoms in total. The van der Waals surface area contributed by atoms with E-state index in [-0.39, 0.29) is 6.42 Å². The lowest BCUT2D eigenvalue weighted by atomic mass is 9.84. The van der Waals surface area contributed by atoms with Crippen molar-refractivity contribution in [2.24, 2.45) is 11.7 Å². The highest BCUT2D eigenvalue weighted by Crippen LogP contribution is 2.28. The van der Waals surface area contributed by atoms with E-state index in [4.69, 9.17) is 5.26 Å². The highest BCUT2D eigenvalue weighted by molar-refractivity contribution is 5.75. The number of rotatable bonds is 2. The predicted octanol–water partition coefficient (Wildman–Crippen LogP) is 2.61. The first-order valence-electron chi connectivity index (χ1n) is 5.36. The number of carbonyl (C=O) groups excluding carboxylic acids is 1. The molecule has 0 bridgehead atoms. The molecule has 0 unspecified atom stereocenters. The summed E-state index contributed by atoms with van der Waals surface area (Å²) in [7, 11) is 0. The Kier molecular flexibility index (Phi) is 13.2. The third-order valence-corrected chi connectivity index (χ3v) is 2.06. The van der Waals surface area contributed by atoms with Crippen LogP contribution < -0.4 is 5.73 Å². The summed E-state index contributed by atoms with van der Waals surface area (Å²) in [5, 5.41) is 7.69. The van der Waals surface area contributed by atoms with Gasteiger partial charge in [-0.25, -0.2) is 0 Å². The van der Waals surface area contributed by atoms with E-state index in [1.54, 1.807) is 6.07 Å². The Hall–Kier alpha value is -1.04. The summed E-state index contributed by atoms with van der Waals surface area (Å²) in [6.07, 6.45) is 5.76. The summed E-state index contributed by atoms with van der Waals surface area (Å²) < 4.78 is 0. The van der Waals surface area contributed by atoms with Gasteiger partial charge in [-0.05, 0) is 5.92 Å². The number of primary amides is 1. The van der Waals surface area contributed by atoms with Crippen molar-refractivity contribution in [3.63, 3.8) is 0 Å². The standard InChI is InChI=1S/C6H12.C3H4N2O.C2H6/c1-2-6-4-3-5-6;4-2-1-3(5)6;1-2/h6H,2-5H2,1H3;1H2,(H2,5,6);1-2H3. The average molecular weight is 198 g/mol. The van der Waals surface area contributed by atoms with E-state index in [0.29, 0.717) is 0 Å². The van der Waals surface area contributed by atoms with Gasteiger partial charge < -0.3 is 5.73 Å². The molecule has 0 saturated heterocycles. The number of carbonyl (C=O) groups is 1. The van der Waals surface area contributed by atoms with Gasteiger partial charge in [-0.3, -0.25) is 4.79 Å². The molecule has 0 spiro atoms. The minimum Gasteiger partial charge on any atom is -0.369 e. The molecule has 1 aliphatic rings. The quantitative estimate of drug-likeness (QED) is 0.741. The molecule has 14 heavy (non-hydrogen) atoms. The van der Waals surface area contributed by atoms with E-state index in [0.717, 1.165) is 5.92 Å². The number of hydrogen-bond acceptors (Lipinski definition) is 2. The third-order valence-electron chi connectivity index (χ3n) is 2.06. The van der Waals surface area contributed by atoms with Gasteiger partial charge in [0.2, 0.25) is 5.91 Å². The summed E-state index contributed by atoms with van der Waals surface area (Å²) in [6, 6.07) is 1.59. The van der Waals surface area contributed by atoms with E-state index in [9.17, 15) is 4.79 Å². The zero-order valence-electron chi connectivity index (χ0n) is 9.55. The van der Waals surface area contributed by atoms with Crippen LogP contribution in [-0.4, -0.2) is 5.91 Å². The first-order valence-corrected chi connectivity index (χ1v) is 5.36. The topological polar surface area (TPSA) is 66.9 Å². The molecule has 0 heterocycles. The molecule has 0 aromatic heterocycles. The zero-order valence-corrected chi connectivity index (χ0v) is 9.55. The van der Waals surface area contributed by atoms with Crippen LogP contribution in [0.25, 0.3) is 0 Å². The maximum atomic E-state index is 9.60. The minimum atomic E-state index is -0.572. The van der Waals surface area contributed by atoms with Crippen molar-refractivity contribution < 1.29 is 4.79 Å². The van der Waals surface area contributed by atoms with Crippen molar-refractivity contribution in [2.45, 2.75) is 52.9 Å². The lowest BCUT2D eigenvalue weighted by Crippen LogP contribution is -2.08. The van der Waals surface area contributed by atoms with Crippen LogP contribution in [0.3, 0.4) is 0 Å². The molecule has 0 radical (unpaired) electrons. The van der Waals surface area contributed by atoms with Crippen LogP contribution in [-0.2, 0) is 4.79 Å². The summed E-state index contributed by atoms with van der Waals surface area (Å²) in [6.45, 7) is 6.28. The molecule has 0 aliphatic heterocycles. The lowest BCUT2D eigenvalue weighted by Gasteiger charge is -2.22. The van der Waals surface area contributed by atoms with Gasteiger partial charge in [0.25, 0.3) is 0 Å². The van der Waals surface area contributed by atoms with Crippen LogP contribution in [0.15, 0.2) is 0 Å². The van der Waals surface area contributed by atoms with Crippen molar-refractivity contribution in [2.75, 3.05) is 0 Å². The fourth-order valence-corrected chi connectivity index (χ4v) is 0.979. The van der Waals surface area contributed by atoms with Crippen LogP contribution in [0.1, 0.15) is 52.9 Å². The second-order valence-electron chi connectivity index (χ2n) is 3.01. The Bertz CT molecular complexity index is 166. The van der Waals surface area contributed by atoms with Crippen molar-refractivity contribution in [1.29, 1.82) is 5.26 Å². The molecule has 0 atom stereocenters. The molecule has 0 aromatic rings. The molecule has 0 aromatic carbocycles. The zero-order chi connectivity index (χ0) is 11.4. The fourth-order valence-electron chi connectivity index (χ4n) is 0.979. The van der Waals surface area contributed by atoms with Crippen molar-refractivity contribution in [3.8, 4) is 6.07 Å². The Morgan fingerprint density at radius 2 is 2.00 bits per heavy atom. The van der Waals surface area contributed by atoms with Gasteiger partial charge in [-0.2, -0.15) is 5.26 Å². The first kappa shape index (κ1) is 15.4. The SMILES string of the molecule is CC.CCC1CCC1.N#CCC(N)=O. The molecule has 1 fully saturated rings. The first-order chi connectivity index (χ1) is 6.70. The van der Waals surface area contributed by atoms with Crippen molar-refractivity contribution in [1.82, 2.24) is 0 Å². The summed E-state index contributed by atoms with van der Waals surface area (Å²) in [5.74, 6) is 0.544. The number of amides is 1. The molecule has 1 saturated carbocycles.